The van der Waals surface area contributed by atoms with Crippen molar-refractivity contribution in [3.05, 3.63) is 69.8 Å². The molecule has 0 aliphatic heterocycles. The van der Waals surface area contributed by atoms with E-state index in [-0.39, 0.29) is 5.52 Å². The lowest BCUT2D eigenvalue weighted by atomic mass is 9.95. The molecule has 22 heavy (non-hydrogen) atoms. The third-order valence-corrected chi connectivity index (χ3v) is 5.55. The van der Waals surface area contributed by atoms with Crippen LogP contribution in [-0.2, 0) is 11.0 Å². The molecule has 2 aromatic rings. The van der Waals surface area contributed by atoms with E-state index >= 15 is 0 Å². The van der Waals surface area contributed by atoms with Crippen LogP contribution < -0.4 is 0 Å². The maximum atomic E-state index is 12.6. The van der Waals surface area contributed by atoms with Gasteiger partial charge in [-0.05, 0) is 55.5 Å². The van der Waals surface area contributed by atoms with Gasteiger partial charge in [0.05, 0.1) is 5.56 Å². The minimum absolute atomic E-state index is 0.205. The van der Waals surface area contributed by atoms with Crippen molar-refractivity contribution in [1.29, 1.82) is 0 Å². The Bertz CT molecular complexity index is 718. The summed E-state index contributed by atoms with van der Waals surface area (Å²) in [6.45, 7) is 7.92. The summed E-state index contributed by atoms with van der Waals surface area (Å²) < 4.78 is 12.4. The first kappa shape index (κ1) is 16.6. The minimum Gasteiger partial charge on any atom is -0.234 e. The summed E-state index contributed by atoms with van der Waals surface area (Å²) in [5.41, 5.74) is 5.74. The van der Waals surface area contributed by atoms with E-state index in [2.05, 4.69) is 0 Å². The van der Waals surface area contributed by atoms with Gasteiger partial charge in [0.25, 0.3) is 0 Å². The zero-order chi connectivity index (χ0) is 16.3. The molecule has 2 aromatic carbocycles. The van der Waals surface area contributed by atoms with Gasteiger partial charge >= 0.3 is 13.3 Å². The Morgan fingerprint density at radius 1 is 0.955 bits per heavy atom. The Balaban J connectivity index is 2.18. The van der Waals surface area contributed by atoms with Crippen molar-refractivity contribution >= 4 is 13.3 Å². The predicted octanol–water partition coefficient (Wildman–Crippen LogP) is 5.13. The third kappa shape index (κ3) is 3.51. The minimum atomic E-state index is -1.89. The largest absolute Gasteiger partial charge is 0.420 e. The average Bonchev–Trinajstić information content (AvgIpc) is 2.51. The van der Waals surface area contributed by atoms with Crippen molar-refractivity contribution in [3.8, 4) is 0 Å². The molecule has 114 valence electrons. The van der Waals surface area contributed by atoms with E-state index in [9.17, 15) is 9.36 Å². The lowest BCUT2D eigenvalue weighted by molar-refractivity contribution is 0.107. The molecule has 0 fully saturated rings. The van der Waals surface area contributed by atoms with Gasteiger partial charge in [0.1, 0.15) is 0 Å². The lowest BCUT2D eigenvalue weighted by Crippen LogP contribution is -2.05. The number of hydrogen-bond acceptors (Lipinski definition) is 2. The van der Waals surface area contributed by atoms with Crippen LogP contribution in [0.5, 0.6) is 0 Å². The van der Waals surface area contributed by atoms with Gasteiger partial charge in [0.2, 0.25) is 0 Å². The highest BCUT2D eigenvalue weighted by molar-refractivity contribution is 7.64. The summed E-state index contributed by atoms with van der Waals surface area (Å²) in [6.07, 6.45) is 1.08. The third-order valence-electron chi connectivity index (χ3n) is 4.24. The maximum Gasteiger partial charge on any atom is 0.420 e. The van der Waals surface area contributed by atoms with Gasteiger partial charge in [0, 0.05) is 6.42 Å². The Hall–Kier alpha value is -1.79. The first-order valence-electron chi connectivity index (χ1n) is 7.52. The van der Waals surface area contributed by atoms with Crippen LogP contribution in [0.2, 0.25) is 0 Å². The van der Waals surface area contributed by atoms with Crippen LogP contribution in [0.3, 0.4) is 0 Å². The number of benzene rings is 2. The molecule has 0 heterocycles. The highest BCUT2D eigenvalue weighted by atomic mass is 31.1. The predicted molar refractivity (Wildman–Crippen MR) is 92.3 cm³/mol. The highest BCUT2D eigenvalue weighted by Crippen LogP contribution is 2.33. The number of hydrogen-bond donors (Lipinski definition) is 0. The summed E-state index contributed by atoms with van der Waals surface area (Å²) in [7, 11) is -1.89. The van der Waals surface area contributed by atoms with Crippen LogP contribution in [0.1, 0.15) is 38.2 Å². The first-order chi connectivity index (χ1) is 10.4. The van der Waals surface area contributed by atoms with Gasteiger partial charge in [-0.3, -0.25) is 0 Å². The van der Waals surface area contributed by atoms with Crippen LogP contribution in [0.4, 0.5) is 0 Å². The number of carbonyl (C=O) groups excluding carboxylic acids is 1. The fourth-order valence-electron chi connectivity index (χ4n) is 2.71. The number of aryl methyl sites for hydroxylation is 3. The van der Waals surface area contributed by atoms with Gasteiger partial charge in [-0.2, -0.15) is 0 Å². The molecule has 1 unspecified atom stereocenters. The molecule has 0 aliphatic carbocycles. The van der Waals surface area contributed by atoms with Crippen molar-refractivity contribution < 1.29 is 9.36 Å². The van der Waals surface area contributed by atoms with Gasteiger partial charge < -0.3 is 0 Å². The van der Waals surface area contributed by atoms with Crippen molar-refractivity contribution in [2.75, 3.05) is 6.16 Å². The van der Waals surface area contributed by atoms with Crippen molar-refractivity contribution in [3.63, 3.8) is 0 Å². The summed E-state index contributed by atoms with van der Waals surface area (Å²) in [5.74, 6) is 0. The Kier molecular flexibility index (Phi) is 5.26. The summed E-state index contributed by atoms with van der Waals surface area (Å²) in [5, 5.41) is 0. The topological polar surface area (TPSA) is 34.1 Å². The SMILES string of the molecule is Cc1cc(C)c(C(=O)[P+](=O)CCc2ccccc2)c(C)c1C. The monoisotopic (exact) mass is 313 g/mol. The van der Waals surface area contributed by atoms with Gasteiger partial charge in [-0.15, -0.1) is 0 Å². The maximum absolute atomic E-state index is 12.6. The van der Waals surface area contributed by atoms with Crippen molar-refractivity contribution in [2.45, 2.75) is 34.1 Å². The van der Waals surface area contributed by atoms with E-state index in [1.807, 2.05) is 64.1 Å². The Morgan fingerprint density at radius 2 is 1.59 bits per heavy atom. The molecule has 0 saturated carbocycles. The Labute approximate surface area is 133 Å². The normalized spacial score (nSPS) is 11.4. The second-order valence-corrected chi connectivity index (χ2v) is 7.39. The molecule has 0 spiro atoms. The van der Waals surface area contributed by atoms with E-state index in [0.29, 0.717) is 18.1 Å². The molecule has 0 aliphatic rings. The second kappa shape index (κ2) is 6.98. The molecule has 0 bridgehead atoms. The lowest BCUT2D eigenvalue weighted by Gasteiger charge is -2.10. The molecule has 2 rings (SSSR count). The Morgan fingerprint density at radius 3 is 2.23 bits per heavy atom. The smallest absolute Gasteiger partial charge is 0.234 e. The van der Waals surface area contributed by atoms with Crippen LogP contribution in [0, 0.1) is 27.7 Å². The van der Waals surface area contributed by atoms with Crippen LogP contribution in [0.15, 0.2) is 36.4 Å². The quantitative estimate of drug-likeness (QED) is 0.717. The molecule has 0 N–H and O–H groups in total. The summed E-state index contributed by atoms with van der Waals surface area (Å²) in [4.78, 5) is 12.6. The molecule has 0 radical (unpaired) electrons. The molecule has 0 amide bonds. The van der Waals surface area contributed by atoms with Gasteiger partial charge in [-0.25, -0.2) is 4.79 Å². The van der Waals surface area contributed by atoms with Crippen LogP contribution in [0.25, 0.3) is 0 Å². The van der Waals surface area contributed by atoms with Gasteiger partial charge in [0.15, 0.2) is 6.16 Å². The zero-order valence-electron chi connectivity index (χ0n) is 13.6. The number of rotatable bonds is 5. The van der Waals surface area contributed by atoms with E-state index in [1.54, 1.807) is 0 Å². The highest BCUT2D eigenvalue weighted by Gasteiger charge is 2.32. The standard InChI is InChI=1S/C19H22O2P/c1-13-12-14(2)18(16(4)15(13)3)19(20)22(21)11-10-17-8-6-5-7-9-17/h5-9,12H,10-11H2,1-4H3/q+1. The molecule has 0 aromatic heterocycles. The van der Waals surface area contributed by atoms with E-state index in [4.69, 9.17) is 0 Å². The molecule has 0 saturated heterocycles. The van der Waals surface area contributed by atoms with Crippen molar-refractivity contribution in [1.82, 2.24) is 0 Å². The van der Waals surface area contributed by atoms with Crippen LogP contribution >= 0.6 is 7.80 Å². The van der Waals surface area contributed by atoms with Gasteiger partial charge in [-0.1, -0.05) is 41.0 Å². The van der Waals surface area contributed by atoms with E-state index in [1.165, 1.54) is 5.56 Å². The van der Waals surface area contributed by atoms with Crippen LogP contribution in [-0.4, -0.2) is 11.7 Å². The zero-order valence-corrected chi connectivity index (χ0v) is 14.5. The molecule has 3 heteroatoms. The second-order valence-electron chi connectivity index (χ2n) is 5.78. The van der Waals surface area contributed by atoms with E-state index in [0.717, 1.165) is 22.3 Å². The fourth-order valence-corrected chi connectivity index (χ4v) is 3.97. The summed E-state index contributed by atoms with van der Waals surface area (Å²) >= 11 is 0. The molecular formula is C19H22O2P+. The molecule has 1 atom stereocenters. The number of carbonyl (C=O) groups is 1. The molecule has 2 nitrogen and oxygen atoms in total. The van der Waals surface area contributed by atoms with Crippen molar-refractivity contribution in [2.24, 2.45) is 0 Å². The average molecular weight is 313 g/mol. The first-order valence-corrected chi connectivity index (χ1v) is 8.96. The molecular weight excluding hydrogens is 291 g/mol. The fraction of sp³-hybridized carbons (Fsp3) is 0.316. The van der Waals surface area contributed by atoms with E-state index < -0.39 is 7.80 Å². The summed E-state index contributed by atoms with van der Waals surface area (Å²) in [6, 6.07) is 11.9.